The second-order valence-corrected chi connectivity index (χ2v) is 5.15. The Hall–Kier alpha value is -1.58. The molecule has 0 aliphatic rings. The fourth-order valence-corrected chi connectivity index (χ4v) is 2.00. The fourth-order valence-electron chi connectivity index (χ4n) is 1.68. The number of aryl methyl sites for hydroxylation is 1. The van der Waals surface area contributed by atoms with Crippen LogP contribution in [0.2, 0.25) is 5.02 Å². The zero-order valence-corrected chi connectivity index (χ0v) is 12.2. The Morgan fingerprint density at radius 2 is 1.89 bits per heavy atom. The van der Waals surface area contributed by atoms with Gasteiger partial charge in [0, 0.05) is 17.3 Å². The second kappa shape index (κ2) is 6.55. The molecule has 19 heavy (non-hydrogen) atoms. The number of hydrogen-bond donors (Lipinski definition) is 2. The molecule has 0 saturated carbocycles. The van der Waals surface area contributed by atoms with Crippen LogP contribution < -0.4 is 10.6 Å². The van der Waals surface area contributed by atoms with Crippen molar-refractivity contribution in [2.45, 2.75) is 13.5 Å². The third-order valence-electron chi connectivity index (χ3n) is 2.64. The molecule has 0 bridgehead atoms. The Bertz CT molecular complexity index is 567. The van der Waals surface area contributed by atoms with E-state index in [9.17, 15) is 0 Å². The molecule has 0 saturated heterocycles. The van der Waals surface area contributed by atoms with Gasteiger partial charge in [-0.1, -0.05) is 35.9 Å². The van der Waals surface area contributed by atoms with Crippen LogP contribution in [0.3, 0.4) is 0 Å². The second-order valence-electron chi connectivity index (χ2n) is 4.30. The Morgan fingerprint density at radius 3 is 2.58 bits per heavy atom. The van der Waals surface area contributed by atoms with Gasteiger partial charge in [-0.25, -0.2) is 0 Å². The van der Waals surface area contributed by atoms with Gasteiger partial charge in [-0.05, 0) is 54.5 Å². The van der Waals surface area contributed by atoms with E-state index in [-0.39, 0.29) is 0 Å². The Balaban J connectivity index is 1.86. The molecule has 0 heterocycles. The summed E-state index contributed by atoms with van der Waals surface area (Å²) >= 11 is 11.1. The quantitative estimate of drug-likeness (QED) is 0.831. The molecule has 0 amide bonds. The smallest absolute Gasteiger partial charge is 0.171 e. The van der Waals surface area contributed by atoms with Gasteiger partial charge in [-0.2, -0.15) is 0 Å². The average molecular weight is 291 g/mol. The van der Waals surface area contributed by atoms with Crippen LogP contribution in [-0.2, 0) is 6.54 Å². The van der Waals surface area contributed by atoms with Crippen molar-refractivity contribution in [3.63, 3.8) is 0 Å². The van der Waals surface area contributed by atoms with Crippen LogP contribution in [0.4, 0.5) is 5.69 Å². The molecule has 98 valence electrons. The molecule has 0 radical (unpaired) electrons. The molecule has 2 aromatic carbocycles. The van der Waals surface area contributed by atoms with E-state index in [1.807, 2.05) is 36.4 Å². The van der Waals surface area contributed by atoms with Crippen molar-refractivity contribution >= 4 is 34.6 Å². The number of anilines is 1. The summed E-state index contributed by atoms with van der Waals surface area (Å²) in [7, 11) is 0. The highest BCUT2D eigenvalue weighted by Crippen LogP contribution is 2.10. The van der Waals surface area contributed by atoms with E-state index in [2.05, 4.69) is 29.7 Å². The monoisotopic (exact) mass is 290 g/mol. The van der Waals surface area contributed by atoms with Crippen molar-refractivity contribution in [3.05, 3.63) is 64.7 Å². The molecular weight excluding hydrogens is 276 g/mol. The van der Waals surface area contributed by atoms with E-state index < -0.39 is 0 Å². The zero-order valence-electron chi connectivity index (χ0n) is 10.6. The van der Waals surface area contributed by atoms with Gasteiger partial charge in [0.05, 0.1) is 0 Å². The maximum absolute atomic E-state index is 5.84. The van der Waals surface area contributed by atoms with Crippen LogP contribution >= 0.6 is 23.8 Å². The lowest BCUT2D eigenvalue weighted by Gasteiger charge is -2.11. The van der Waals surface area contributed by atoms with Crippen molar-refractivity contribution in [3.8, 4) is 0 Å². The molecule has 0 aliphatic heterocycles. The summed E-state index contributed by atoms with van der Waals surface area (Å²) in [4.78, 5) is 0. The minimum atomic E-state index is 0.612. The number of thiocarbonyl (C=S) groups is 1. The van der Waals surface area contributed by atoms with Gasteiger partial charge in [-0.3, -0.25) is 0 Å². The van der Waals surface area contributed by atoms with Gasteiger partial charge < -0.3 is 10.6 Å². The van der Waals surface area contributed by atoms with E-state index in [4.69, 9.17) is 23.8 Å². The summed E-state index contributed by atoms with van der Waals surface area (Å²) in [5, 5.41) is 7.67. The third kappa shape index (κ3) is 4.54. The molecule has 0 fully saturated rings. The summed E-state index contributed by atoms with van der Waals surface area (Å²) in [6.45, 7) is 2.73. The number of benzene rings is 2. The van der Waals surface area contributed by atoms with E-state index in [0.29, 0.717) is 11.7 Å². The summed E-state index contributed by atoms with van der Waals surface area (Å²) in [5.74, 6) is 0. The Kier molecular flexibility index (Phi) is 4.77. The zero-order chi connectivity index (χ0) is 13.7. The first-order chi connectivity index (χ1) is 9.13. The lowest BCUT2D eigenvalue weighted by molar-refractivity contribution is 0.926. The highest BCUT2D eigenvalue weighted by atomic mass is 35.5. The van der Waals surface area contributed by atoms with Crippen LogP contribution in [0.15, 0.2) is 48.5 Å². The summed E-state index contributed by atoms with van der Waals surface area (Å²) in [6.07, 6.45) is 0. The molecule has 0 spiro atoms. The predicted molar refractivity (Wildman–Crippen MR) is 85.7 cm³/mol. The molecule has 2 rings (SSSR count). The number of rotatable bonds is 3. The number of hydrogen-bond acceptors (Lipinski definition) is 1. The largest absolute Gasteiger partial charge is 0.358 e. The van der Waals surface area contributed by atoms with Gasteiger partial charge in [-0.15, -0.1) is 0 Å². The van der Waals surface area contributed by atoms with E-state index in [1.54, 1.807) is 0 Å². The van der Waals surface area contributed by atoms with Gasteiger partial charge in [0.2, 0.25) is 0 Å². The molecule has 0 atom stereocenters. The number of nitrogens with one attached hydrogen (secondary N) is 2. The van der Waals surface area contributed by atoms with Crippen LogP contribution in [-0.4, -0.2) is 5.11 Å². The number of halogens is 1. The van der Waals surface area contributed by atoms with Crippen LogP contribution in [0.25, 0.3) is 0 Å². The Labute approximate surface area is 123 Å². The first kappa shape index (κ1) is 13.8. The van der Waals surface area contributed by atoms with Gasteiger partial charge in [0.1, 0.15) is 0 Å². The van der Waals surface area contributed by atoms with Gasteiger partial charge >= 0.3 is 0 Å². The summed E-state index contributed by atoms with van der Waals surface area (Å²) in [5.41, 5.74) is 3.33. The standard InChI is InChI=1S/C15H15ClN2S/c1-11-3-2-4-14(9-11)18-15(19)17-10-12-5-7-13(16)8-6-12/h2-9H,10H2,1H3,(H2,17,18,19). The first-order valence-corrected chi connectivity index (χ1v) is 6.78. The molecule has 2 nitrogen and oxygen atoms in total. The topological polar surface area (TPSA) is 24.1 Å². The van der Waals surface area contributed by atoms with Crippen molar-refractivity contribution in [1.82, 2.24) is 5.32 Å². The average Bonchev–Trinajstić information content (AvgIpc) is 2.38. The Morgan fingerprint density at radius 1 is 1.16 bits per heavy atom. The normalized spacial score (nSPS) is 10.0. The minimum absolute atomic E-state index is 0.612. The lowest BCUT2D eigenvalue weighted by atomic mass is 10.2. The maximum Gasteiger partial charge on any atom is 0.171 e. The molecule has 0 unspecified atom stereocenters. The van der Waals surface area contributed by atoms with Crippen molar-refractivity contribution in [2.75, 3.05) is 5.32 Å². The molecule has 0 aliphatic carbocycles. The summed E-state index contributed by atoms with van der Waals surface area (Å²) in [6, 6.07) is 15.8. The molecule has 2 aromatic rings. The molecule has 4 heteroatoms. The SMILES string of the molecule is Cc1cccc(NC(=S)NCc2ccc(Cl)cc2)c1. The maximum atomic E-state index is 5.84. The van der Waals surface area contributed by atoms with Crippen molar-refractivity contribution in [2.24, 2.45) is 0 Å². The molecule has 2 N–H and O–H groups in total. The van der Waals surface area contributed by atoms with E-state index in [0.717, 1.165) is 16.3 Å². The van der Waals surface area contributed by atoms with E-state index >= 15 is 0 Å². The highest BCUT2D eigenvalue weighted by Gasteiger charge is 1.98. The predicted octanol–water partition coefficient (Wildman–Crippen LogP) is 4.14. The van der Waals surface area contributed by atoms with Crippen molar-refractivity contribution < 1.29 is 0 Å². The summed E-state index contributed by atoms with van der Waals surface area (Å²) < 4.78 is 0. The molecule has 0 aromatic heterocycles. The van der Waals surface area contributed by atoms with Gasteiger partial charge in [0.25, 0.3) is 0 Å². The van der Waals surface area contributed by atoms with Crippen LogP contribution in [0.5, 0.6) is 0 Å². The van der Waals surface area contributed by atoms with Crippen molar-refractivity contribution in [1.29, 1.82) is 0 Å². The first-order valence-electron chi connectivity index (χ1n) is 5.99. The fraction of sp³-hybridized carbons (Fsp3) is 0.133. The van der Waals surface area contributed by atoms with Crippen LogP contribution in [0, 0.1) is 6.92 Å². The lowest BCUT2D eigenvalue weighted by Crippen LogP contribution is -2.27. The van der Waals surface area contributed by atoms with E-state index in [1.165, 1.54) is 5.56 Å². The molecular formula is C15H15ClN2S. The third-order valence-corrected chi connectivity index (χ3v) is 3.14. The van der Waals surface area contributed by atoms with Gasteiger partial charge in [0.15, 0.2) is 5.11 Å². The minimum Gasteiger partial charge on any atom is -0.358 e. The van der Waals surface area contributed by atoms with Crippen LogP contribution in [0.1, 0.15) is 11.1 Å². The highest BCUT2D eigenvalue weighted by molar-refractivity contribution is 7.80.